The van der Waals surface area contributed by atoms with Crippen LogP contribution in [0.1, 0.15) is 36.7 Å². The van der Waals surface area contributed by atoms with Gasteiger partial charge in [0.05, 0.1) is 24.0 Å². The molecule has 3 aromatic rings. The van der Waals surface area contributed by atoms with Gasteiger partial charge in [-0.1, -0.05) is 0 Å². The van der Waals surface area contributed by atoms with Gasteiger partial charge in [0.15, 0.2) is 5.82 Å². The molecular formula is C21H21F4N5O2. The molecular weight excluding hydrogens is 430 g/mol. The molecule has 32 heavy (non-hydrogen) atoms. The first-order valence-corrected chi connectivity index (χ1v) is 9.75. The molecule has 3 rings (SSSR count). The number of ether oxygens (including phenoxy) is 1. The molecule has 1 amide bonds. The number of amides is 1. The van der Waals surface area contributed by atoms with E-state index < -0.39 is 29.5 Å². The van der Waals surface area contributed by atoms with Crippen LogP contribution in [0.15, 0.2) is 42.9 Å². The number of aromatic nitrogens is 4. The van der Waals surface area contributed by atoms with Gasteiger partial charge < -0.3 is 9.64 Å². The standard InChI is InChI=1S/C21H21F4N5O2/c1-4-29(13(2)12-32-18-6-5-14(11-26-18)21(3,24)25)20(31)16-9-15(22)10-17(23)19(16)30-27-7-8-28-30/h5-11,13H,4,12H2,1-3H3/t13-/m0/s1. The molecule has 0 N–H and O–H groups in total. The number of nitrogens with zero attached hydrogens (tertiary/aromatic N) is 5. The molecule has 0 aliphatic heterocycles. The highest BCUT2D eigenvalue weighted by molar-refractivity contribution is 5.98. The van der Waals surface area contributed by atoms with Crippen molar-refractivity contribution in [3.05, 3.63) is 65.6 Å². The lowest BCUT2D eigenvalue weighted by molar-refractivity contribution is 0.0169. The van der Waals surface area contributed by atoms with E-state index in [-0.39, 0.29) is 35.8 Å². The summed E-state index contributed by atoms with van der Waals surface area (Å²) in [4.78, 5) is 19.3. The number of hydrogen-bond donors (Lipinski definition) is 0. The number of hydrogen-bond acceptors (Lipinski definition) is 5. The maximum Gasteiger partial charge on any atom is 0.272 e. The molecule has 0 saturated carbocycles. The minimum Gasteiger partial charge on any atom is -0.475 e. The van der Waals surface area contributed by atoms with Crippen LogP contribution >= 0.6 is 0 Å². The van der Waals surface area contributed by atoms with Gasteiger partial charge in [-0.2, -0.15) is 10.2 Å². The SMILES string of the molecule is CCN(C(=O)c1cc(F)cc(F)c1-n1nccn1)[C@@H](C)COc1ccc(C(C)(F)F)cn1. The fraction of sp³-hybridized carbons (Fsp3) is 0.333. The predicted molar refractivity (Wildman–Crippen MR) is 107 cm³/mol. The summed E-state index contributed by atoms with van der Waals surface area (Å²) in [6, 6.07) is 3.54. The van der Waals surface area contributed by atoms with E-state index >= 15 is 0 Å². The van der Waals surface area contributed by atoms with E-state index in [0.717, 1.165) is 24.0 Å². The van der Waals surface area contributed by atoms with Crippen LogP contribution in [0.2, 0.25) is 0 Å². The molecule has 0 bridgehead atoms. The largest absolute Gasteiger partial charge is 0.475 e. The normalized spacial score (nSPS) is 12.5. The van der Waals surface area contributed by atoms with Crippen molar-refractivity contribution in [3.8, 4) is 11.6 Å². The zero-order valence-electron chi connectivity index (χ0n) is 17.6. The topological polar surface area (TPSA) is 73.1 Å². The van der Waals surface area contributed by atoms with Crippen LogP contribution in [0.4, 0.5) is 17.6 Å². The molecule has 0 aliphatic carbocycles. The second-order valence-electron chi connectivity index (χ2n) is 7.13. The van der Waals surface area contributed by atoms with Gasteiger partial charge in [0.25, 0.3) is 11.8 Å². The Kier molecular flexibility index (Phi) is 6.75. The highest BCUT2D eigenvalue weighted by atomic mass is 19.3. The quantitative estimate of drug-likeness (QED) is 0.485. The van der Waals surface area contributed by atoms with Crippen molar-refractivity contribution in [2.75, 3.05) is 13.2 Å². The fourth-order valence-corrected chi connectivity index (χ4v) is 3.09. The number of pyridine rings is 1. The Morgan fingerprint density at radius 3 is 2.47 bits per heavy atom. The third-order valence-corrected chi connectivity index (χ3v) is 4.73. The van der Waals surface area contributed by atoms with E-state index in [9.17, 15) is 22.4 Å². The molecule has 1 atom stereocenters. The van der Waals surface area contributed by atoms with Crippen molar-refractivity contribution in [2.24, 2.45) is 0 Å². The van der Waals surface area contributed by atoms with E-state index in [0.29, 0.717) is 6.07 Å². The van der Waals surface area contributed by atoms with Crippen molar-refractivity contribution < 1.29 is 27.1 Å². The van der Waals surface area contributed by atoms with E-state index in [1.54, 1.807) is 13.8 Å². The monoisotopic (exact) mass is 451 g/mol. The number of benzene rings is 1. The average molecular weight is 451 g/mol. The summed E-state index contributed by atoms with van der Waals surface area (Å²) in [5.74, 6) is -5.47. The molecule has 7 nitrogen and oxygen atoms in total. The Hall–Kier alpha value is -3.50. The second-order valence-corrected chi connectivity index (χ2v) is 7.13. The molecule has 0 aliphatic rings. The number of carbonyl (C=O) groups excluding carboxylic acids is 1. The molecule has 0 unspecified atom stereocenters. The summed E-state index contributed by atoms with van der Waals surface area (Å²) >= 11 is 0. The van der Waals surface area contributed by atoms with Crippen LogP contribution in [0.5, 0.6) is 5.88 Å². The lowest BCUT2D eigenvalue weighted by atomic mass is 10.1. The van der Waals surface area contributed by atoms with Crippen LogP contribution in [0.3, 0.4) is 0 Å². The first-order chi connectivity index (χ1) is 15.1. The summed E-state index contributed by atoms with van der Waals surface area (Å²) < 4.78 is 60.5. The third-order valence-electron chi connectivity index (χ3n) is 4.73. The molecule has 0 radical (unpaired) electrons. The van der Waals surface area contributed by atoms with E-state index in [2.05, 4.69) is 15.2 Å². The molecule has 0 spiro atoms. The van der Waals surface area contributed by atoms with Crippen molar-refractivity contribution >= 4 is 5.91 Å². The third kappa shape index (κ3) is 5.04. The molecule has 11 heteroatoms. The smallest absolute Gasteiger partial charge is 0.272 e. The van der Waals surface area contributed by atoms with Crippen LogP contribution in [-0.2, 0) is 5.92 Å². The van der Waals surface area contributed by atoms with Gasteiger partial charge in [-0.15, -0.1) is 4.80 Å². The number of carbonyl (C=O) groups is 1. The van der Waals surface area contributed by atoms with Crippen LogP contribution in [0.25, 0.3) is 5.69 Å². The second kappa shape index (κ2) is 9.33. The summed E-state index contributed by atoms with van der Waals surface area (Å²) in [6.45, 7) is 4.33. The molecule has 1 aromatic carbocycles. The maximum atomic E-state index is 14.5. The van der Waals surface area contributed by atoms with Crippen molar-refractivity contribution in [3.63, 3.8) is 0 Å². The average Bonchev–Trinajstić information content (AvgIpc) is 3.26. The Balaban J connectivity index is 1.79. The Bertz CT molecular complexity index is 1070. The van der Waals surface area contributed by atoms with Gasteiger partial charge in [-0.3, -0.25) is 4.79 Å². The van der Waals surface area contributed by atoms with Crippen molar-refractivity contribution in [1.29, 1.82) is 0 Å². The molecule has 2 aromatic heterocycles. The minimum atomic E-state index is -3.02. The fourth-order valence-electron chi connectivity index (χ4n) is 3.09. The highest BCUT2D eigenvalue weighted by Gasteiger charge is 2.27. The van der Waals surface area contributed by atoms with Gasteiger partial charge in [-0.25, -0.2) is 22.5 Å². The lowest BCUT2D eigenvalue weighted by Gasteiger charge is -2.28. The number of likely N-dealkylation sites (N-methyl/N-ethyl adjacent to an activating group) is 1. The Morgan fingerprint density at radius 1 is 1.22 bits per heavy atom. The molecule has 0 fully saturated rings. The van der Waals surface area contributed by atoms with Crippen LogP contribution in [-0.4, -0.2) is 50.0 Å². The summed E-state index contributed by atoms with van der Waals surface area (Å²) in [7, 11) is 0. The van der Waals surface area contributed by atoms with Crippen molar-refractivity contribution in [2.45, 2.75) is 32.7 Å². The van der Waals surface area contributed by atoms with Crippen LogP contribution in [0, 0.1) is 11.6 Å². The van der Waals surface area contributed by atoms with Gasteiger partial charge in [0.1, 0.15) is 18.1 Å². The Morgan fingerprint density at radius 2 is 1.91 bits per heavy atom. The van der Waals surface area contributed by atoms with Crippen molar-refractivity contribution in [1.82, 2.24) is 24.9 Å². The number of rotatable bonds is 8. The first-order valence-electron chi connectivity index (χ1n) is 9.75. The summed E-state index contributed by atoms with van der Waals surface area (Å²) in [5, 5.41) is 7.67. The van der Waals surface area contributed by atoms with Gasteiger partial charge in [0.2, 0.25) is 5.88 Å². The number of halogens is 4. The molecule has 170 valence electrons. The lowest BCUT2D eigenvalue weighted by Crippen LogP contribution is -2.42. The van der Waals surface area contributed by atoms with Gasteiger partial charge >= 0.3 is 0 Å². The molecule has 2 heterocycles. The Labute approximate surface area is 181 Å². The number of alkyl halides is 2. The minimum absolute atomic E-state index is 0.0262. The summed E-state index contributed by atoms with van der Waals surface area (Å²) in [6.07, 6.45) is 3.62. The van der Waals surface area contributed by atoms with Gasteiger partial charge in [-0.05, 0) is 26.0 Å². The molecule has 0 saturated heterocycles. The van der Waals surface area contributed by atoms with E-state index in [1.165, 1.54) is 29.4 Å². The summed E-state index contributed by atoms with van der Waals surface area (Å²) in [5.41, 5.74) is -0.776. The highest BCUT2D eigenvalue weighted by Crippen LogP contribution is 2.27. The van der Waals surface area contributed by atoms with E-state index in [1.807, 2.05) is 0 Å². The van der Waals surface area contributed by atoms with E-state index in [4.69, 9.17) is 4.74 Å². The van der Waals surface area contributed by atoms with Crippen LogP contribution < -0.4 is 4.74 Å². The zero-order valence-corrected chi connectivity index (χ0v) is 17.6. The first kappa shape index (κ1) is 23.2. The zero-order chi connectivity index (χ0) is 23.5. The van der Waals surface area contributed by atoms with Gasteiger partial charge in [0, 0.05) is 37.4 Å². The predicted octanol–water partition coefficient (Wildman–Crippen LogP) is 3.98. The maximum absolute atomic E-state index is 14.5.